The third-order valence-electron chi connectivity index (χ3n) is 4.46. The van der Waals surface area contributed by atoms with Gasteiger partial charge in [-0.15, -0.1) is 6.58 Å². The maximum atomic E-state index is 13.9. The van der Waals surface area contributed by atoms with Crippen LogP contribution in [0.4, 0.5) is 4.39 Å². The fourth-order valence-electron chi connectivity index (χ4n) is 3.22. The highest BCUT2D eigenvalue weighted by Crippen LogP contribution is 2.22. The van der Waals surface area contributed by atoms with E-state index in [9.17, 15) is 9.18 Å². The van der Waals surface area contributed by atoms with E-state index < -0.39 is 11.4 Å². The Balaban J connectivity index is 1.78. The zero-order valence-electron chi connectivity index (χ0n) is 16.3. The van der Waals surface area contributed by atoms with Gasteiger partial charge in [0.25, 0.3) is 5.91 Å². The number of nitrogens with zero attached hydrogens (tertiary/aromatic N) is 2. The van der Waals surface area contributed by atoms with Crippen LogP contribution in [0.5, 0.6) is 5.75 Å². The van der Waals surface area contributed by atoms with Gasteiger partial charge in [0.2, 0.25) is 0 Å². The molecule has 1 amide bonds. The number of carbonyl (C=O) groups is 1. The first-order valence-electron chi connectivity index (χ1n) is 9.03. The third-order valence-corrected chi connectivity index (χ3v) is 4.46. The molecule has 5 nitrogen and oxygen atoms in total. The van der Waals surface area contributed by atoms with Gasteiger partial charge in [0.05, 0.1) is 11.1 Å². The van der Waals surface area contributed by atoms with Crippen molar-refractivity contribution >= 4 is 16.9 Å². The van der Waals surface area contributed by atoms with Gasteiger partial charge in [0.1, 0.15) is 12.3 Å². The van der Waals surface area contributed by atoms with Crippen molar-refractivity contribution in [1.29, 1.82) is 0 Å². The van der Waals surface area contributed by atoms with E-state index in [1.807, 2.05) is 37.7 Å². The Kier molecular flexibility index (Phi) is 5.49. The summed E-state index contributed by atoms with van der Waals surface area (Å²) in [6.45, 7) is 7.78. The second kappa shape index (κ2) is 7.84. The highest BCUT2D eigenvalue weighted by Gasteiger charge is 2.29. The number of hydrogen-bond donors (Lipinski definition) is 1. The summed E-state index contributed by atoms with van der Waals surface area (Å²) in [7, 11) is 1.90. The van der Waals surface area contributed by atoms with Crippen molar-refractivity contribution in [3.05, 3.63) is 72.3 Å². The standard InChI is InChI=1S/C22H24FN3O2/c1-15(2)12-22(3,14-28-19-8-6-5-7-18(19)23)25-21(27)17-11-16-9-10-26(4)20(16)24-13-17/h5-11,13H,1,12,14H2,2-4H3,(H,25,27). The number of pyridine rings is 1. The molecule has 0 aliphatic heterocycles. The second-order valence-electron chi connectivity index (χ2n) is 7.43. The molecule has 1 N–H and O–H groups in total. The lowest BCUT2D eigenvalue weighted by Crippen LogP contribution is -2.50. The predicted octanol–water partition coefficient (Wildman–Crippen LogP) is 4.25. The van der Waals surface area contributed by atoms with Crippen LogP contribution in [0.3, 0.4) is 0 Å². The molecule has 1 atom stereocenters. The summed E-state index contributed by atoms with van der Waals surface area (Å²) in [6, 6.07) is 9.91. The van der Waals surface area contributed by atoms with Gasteiger partial charge in [0.15, 0.2) is 11.6 Å². The molecule has 6 heteroatoms. The van der Waals surface area contributed by atoms with E-state index in [1.165, 1.54) is 6.07 Å². The zero-order chi connectivity index (χ0) is 20.3. The summed E-state index contributed by atoms with van der Waals surface area (Å²) in [5, 5.41) is 3.90. The largest absolute Gasteiger partial charge is 0.488 e. The van der Waals surface area contributed by atoms with Crippen LogP contribution in [0.25, 0.3) is 11.0 Å². The van der Waals surface area contributed by atoms with E-state index in [0.717, 1.165) is 16.6 Å². The molecule has 0 radical (unpaired) electrons. The average Bonchev–Trinajstić information content (AvgIpc) is 3.01. The molecule has 0 fully saturated rings. The number of para-hydroxylation sites is 1. The van der Waals surface area contributed by atoms with Crippen LogP contribution in [-0.4, -0.2) is 27.6 Å². The molecule has 0 saturated heterocycles. The number of rotatable bonds is 7. The Hall–Kier alpha value is -3.15. The van der Waals surface area contributed by atoms with Gasteiger partial charge in [-0.1, -0.05) is 17.7 Å². The number of fused-ring (bicyclic) bond motifs is 1. The van der Waals surface area contributed by atoms with Crippen molar-refractivity contribution in [1.82, 2.24) is 14.9 Å². The maximum Gasteiger partial charge on any atom is 0.253 e. The second-order valence-corrected chi connectivity index (χ2v) is 7.43. The number of carbonyl (C=O) groups excluding carboxylic acids is 1. The summed E-state index contributed by atoms with van der Waals surface area (Å²) in [5.74, 6) is -0.554. The van der Waals surface area contributed by atoms with Gasteiger partial charge < -0.3 is 14.6 Å². The van der Waals surface area contributed by atoms with Crippen LogP contribution >= 0.6 is 0 Å². The Morgan fingerprint density at radius 2 is 2.11 bits per heavy atom. The summed E-state index contributed by atoms with van der Waals surface area (Å²) < 4.78 is 21.4. The molecule has 1 unspecified atom stereocenters. The minimum Gasteiger partial charge on any atom is -0.488 e. The molecule has 1 aromatic carbocycles. The number of benzene rings is 1. The molecule has 0 spiro atoms. The first-order valence-corrected chi connectivity index (χ1v) is 9.03. The van der Waals surface area contributed by atoms with Crippen molar-refractivity contribution in [3.63, 3.8) is 0 Å². The molecule has 28 heavy (non-hydrogen) atoms. The normalized spacial score (nSPS) is 13.1. The maximum absolute atomic E-state index is 13.9. The van der Waals surface area contributed by atoms with Gasteiger partial charge >= 0.3 is 0 Å². The lowest BCUT2D eigenvalue weighted by atomic mass is 9.94. The predicted molar refractivity (Wildman–Crippen MR) is 108 cm³/mol. The molecule has 0 saturated carbocycles. The molecular formula is C22H24FN3O2. The SMILES string of the molecule is C=C(C)CC(C)(COc1ccccc1F)NC(=O)c1cnc2c(ccn2C)c1. The van der Waals surface area contributed by atoms with E-state index in [-0.39, 0.29) is 18.3 Å². The van der Waals surface area contributed by atoms with Crippen molar-refractivity contribution in [3.8, 4) is 5.75 Å². The van der Waals surface area contributed by atoms with Crippen molar-refractivity contribution < 1.29 is 13.9 Å². The highest BCUT2D eigenvalue weighted by atomic mass is 19.1. The van der Waals surface area contributed by atoms with Gasteiger partial charge in [0, 0.05) is 24.8 Å². The number of hydrogen-bond acceptors (Lipinski definition) is 3. The number of nitrogens with one attached hydrogen (secondary N) is 1. The minimum atomic E-state index is -0.753. The van der Waals surface area contributed by atoms with Gasteiger partial charge in [-0.3, -0.25) is 4.79 Å². The van der Waals surface area contributed by atoms with E-state index in [0.29, 0.717) is 12.0 Å². The summed E-state index contributed by atoms with van der Waals surface area (Å²) in [4.78, 5) is 17.2. The van der Waals surface area contributed by atoms with E-state index in [4.69, 9.17) is 4.74 Å². The topological polar surface area (TPSA) is 56.1 Å². The number of aryl methyl sites for hydroxylation is 1. The van der Waals surface area contributed by atoms with Crippen molar-refractivity contribution in [2.24, 2.45) is 7.05 Å². The van der Waals surface area contributed by atoms with Crippen LogP contribution in [-0.2, 0) is 7.05 Å². The first kappa shape index (κ1) is 19.6. The summed E-state index contributed by atoms with van der Waals surface area (Å²) in [5.41, 5.74) is 1.40. The van der Waals surface area contributed by atoms with Crippen LogP contribution in [0.2, 0.25) is 0 Å². The molecule has 2 aromatic heterocycles. The summed E-state index contributed by atoms with van der Waals surface area (Å²) >= 11 is 0. The smallest absolute Gasteiger partial charge is 0.253 e. The monoisotopic (exact) mass is 381 g/mol. The lowest BCUT2D eigenvalue weighted by Gasteiger charge is -2.31. The van der Waals surface area contributed by atoms with Crippen molar-refractivity contribution in [2.45, 2.75) is 25.8 Å². The van der Waals surface area contributed by atoms with E-state index in [1.54, 1.807) is 30.5 Å². The fourth-order valence-corrected chi connectivity index (χ4v) is 3.22. The Labute approximate surface area is 163 Å². The Morgan fingerprint density at radius 3 is 2.82 bits per heavy atom. The first-order chi connectivity index (χ1) is 13.3. The van der Waals surface area contributed by atoms with E-state index in [2.05, 4.69) is 16.9 Å². The Morgan fingerprint density at radius 1 is 1.36 bits per heavy atom. The Bertz CT molecular complexity index is 1030. The van der Waals surface area contributed by atoms with Crippen LogP contribution < -0.4 is 10.1 Å². The van der Waals surface area contributed by atoms with Crippen molar-refractivity contribution in [2.75, 3.05) is 6.61 Å². The van der Waals surface area contributed by atoms with Gasteiger partial charge in [-0.25, -0.2) is 9.37 Å². The fraction of sp³-hybridized carbons (Fsp3) is 0.273. The number of amides is 1. The summed E-state index contributed by atoms with van der Waals surface area (Å²) in [6.07, 6.45) is 3.94. The van der Waals surface area contributed by atoms with Gasteiger partial charge in [-0.2, -0.15) is 0 Å². The molecule has 0 bridgehead atoms. The minimum absolute atomic E-state index is 0.105. The number of ether oxygens (including phenoxy) is 1. The molecular weight excluding hydrogens is 357 g/mol. The zero-order valence-corrected chi connectivity index (χ0v) is 16.3. The molecule has 146 valence electrons. The molecule has 2 heterocycles. The average molecular weight is 381 g/mol. The molecule has 0 aliphatic carbocycles. The lowest BCUT2D eigenvalue weighted by molar-refractivity contribution is 0.0864. The number of aromatic nitrogens is 2. The van der Waals surface area contributed by atoms with Crippen LogP contribution in [0.1, 0.15) is 30.6 Å². The highest BCUT2D eigenvalue weighted by molar-refractivity contribution is 5.97. The quantitative estimate of drug-likeness (QED) is 0.623. The third kappa shape index (κ3) is 4.39. The van der Waals surface area contributed by atoms with Crippen LogP contribution in [0.15, 0.2) is 60.9 Å². The van der Waals surface area contributed by atoms with E-state index >= 15 is 0 Å². The number of halogens is 1. The van der Waals surface area contributed by atoms with Gasteiger partial charge in [-0.05, 0) is 44.5 Å². The van der Waals surface area contributed by atoms with Crippen LogP contribution in [0, 0.1) is 5.82 Å². The molecule has 3 aromatic rings. The molecule has 0 aliphatic rings. The molecule has 3 rings (SSSR count).